The van der Waals surface area contributed by atoms with Gasteiger partial charge in [0.2, 0.25) is 0 Å². The number of benzene rings is 3. The lowest BCUT2D eigenvalue weighted by Gasteiger charge is -2.38. The summed E-state index contributed by atoms with van der Waals surface area (Å²) in [7, 11) is 3.19. The summed E-state index contributed by atoms with van der Waals surface area (Å²) in [5.41, 5.74) is 1.10. The first-order valence-corrected chi connectivity index (χ1v) is 10.7. The monoisotopic (exact) mass is 452 g/mol. The van der Waals surface area contributed by atoms with Crippen LogP contribution >= 0.6 is 0 Å². The third-order valence-corrected chi connectivity index (χ3v) is 5.96. The van der Waals surface area contributed by atoms with E-state index in [-0.39, 0.29) is 0 Å². The van der Waals surface area contributed by atoms with E-state index in [1.54, 1.807) is 14.2 Å². The normalized spacial score (nSPS) is 22.8. The van der Waals surface area contributed by atoms with Crippen molar-refractivity contribution in [1.29, 1.82) is 0 Å². The fourth-order valence-electron chi connectivity index (χ4n) is 4.17. The van der Waals surface area contributed by atoms with Gasteiger partial charge >= 0.3 is 0 Å². The van der Waals surface area contributed by atoms with Gasteiger partial charge in [0.1, 0.15) is 35.4 Å². The summed E-state index contributed by atoms with van der Waals surface area (Å²) >= 11 is 0. The molecule has 0 saturated carbocycles. The van der Waals surface area contributed by atoms with Gasteiger partial charge in [-0.25, -0.2) is 0 Å². The van der Waals surface area contributed by atoms with E-state index in [1.807, 2.05) is 78.9 Å². The average Bonchev–Trinajstić information content (AvgIpc) is 3.15. The molecule has 1 unspecified atom stereocenters. The summed E-state index contributed by atoms with van der Waals surface area (Å²) < 4.78 is 23.0. The Kier molecular flexibility index (Phi) is 6.97. The van der Waals surface area contributed by atoms with Gasteiger partial charge in [-0.2, -0.15) is 0 Å². The molecule has 174 valence electrons. The standard InChI is InChI=1S/C26H28O7/c1-30-20-12-8-18(9-13-20)26(17-6-4-3-5-7-17,19-10-14-21(31-2)15-11-19)33-25-24(29)23(28)22(16-27)32-25/h3-15,22-25,27-29H,16H2,1-2H3/t22-,23-,24-,25?/m1/s1. The Bertz CT molecular complexity index is 973. The number of ether oxygens (including phenoxy) is 4. The first kappa shape index (κ1) is 23.2. The molecular weight excluding hydrogens is 424 g/mol. The minimum Gasteiger partial charge on any atom is -0.497 e. The minimum atomic E-state index is -1.35. The summed E-state index contributed by atoms with van der Waals surface area (Å²) in [4.78, 5) is 0. The Morgan fingerprint density at radius 1 is 0.727 bits per heavy atom. The molecule has 1 aliphatic heterocycles. The van der Waals surface area contributed by atoms with Crippen molar-refractivity contribution in [2.75, 3.05) is 20.8 Å². The van der Waals surface area contributed by atoms with Crippen molar-refractivity contribution in [3.63, 3.8) is 0 Å². The highest BCUT2D eigenvalue weighted by Gasteiger charge is 2.49. The lowest BCUT2D eigenvalue weighted by atomic mass is 9.80. The minimum absolute atomic E-state index is 0.443. The second-order valence-corrected chi connectivity index (χ2v) is 7.83. The van der Waals surface area contributed by atoms with E-state index in [9.17, 15) is 15.3 Å². The number of aliphatic hydroxyl groups is 3. The van der Waals surface area contributed by atoms with E-state index >= 15 is 0 Å². The van der Waals surface area contributed by atoms with E-state index in [1.165, 1.54) is 0 Å². The van der Waals surface area contributed by atoms with Crippen LogP contribution in [0.2, 0.25) is 0 Å². The molecule has 0 bridgehead atoms. The van der Waals surface area contributed by atoms with Crippen molar-refractivity contribution in [1.82, 2.24) is 0 Å². The molecule has 0 aromatic heterocycles. The highest BCUT2D eigenvalue weighted by atomic mass is 16.7. The lowest BCUT2D eigenvalue weighted by molar-refractivity contribution is -0.210. The van der Waals surface area contributed by atoms with E-state index in [4.69, 9.17) is 18.9 Å². The highest BCUT2D eigenvalue weighted by molar-refractivity contribution is 5.49. The van der Waals surface area contributed by atoms with Crippen molar-refractivity contribution in [3.05, 3.63) is 95.6 Å². The number of hydrogen-bond donors (Lipinski definition) is 3. The van der Waals surface area contributed by atoms with Crippen LogP contribution in [0.15, 0.2) is 78.9 Å². The summed E-state index contributed by atoms with van der Waals surface area (Å²) in [5.74, 6) is 1.37. The van der Waals surface area contributed by atoms with Crippen LogP contribution in [-0.2, 0) is 15.1 Å². The Morgan fingerprint density at radius 3 is 1.64 bits per heavy atom. The zero-order chi connectivity index (χ0) is 23.4. The van der Waals surface area contributed by atoms with Crippen LogP contribution in [0.25, 0.3) is 0 Å². The van der Waals surface area contributed by atoms with E-state index in [0.717, 1.165) is 16.7 Å². The van der Waals surface area contributed by atoms with Gasteiger partial charge in [0.15, 0.2) is 6.29 Å². The number of aliphatic hydroxyl groups excluding tert-OH is 3. The summed E-state index contributed by atoms with van der Waals surface area (Å²) in [6.07, 6.45) is -4.77. The van der Waals surface area contributed by atoms with Crippen LogP contribution in [0.4, 0.5) is 0 Å². The first-order valence-electron chi connectivity index (χ1n) is 10.7. The maximum atomic E-state index is 10.7. The highest BCUT2D eigenvalue weighted by Crippen LogP contribution is 2.44. The van der Waals surface area contributed by atoms with Crippen molar-refractivity contribution < 1.29 is 34.3 Å². The molecule has 7 nitrogen and oxygen atoms in total. The Labute approximate surface area is 192 Å². The molecule has 1 aliphatic rings. The molecular formula is C26H28O7. The Morgan fingerprint density at radius 2 is 1.21 bits per heavy atom. The second-order valence-electron chi connectivity index (χ2n) is 7.83. The van der Waals surface area contributed by atoms with Gasteiger partial charge in [0.25, 0.3) is 0 Å². The SMILES string of the molecule is COc1ccc(C(OC2O[C@H](CO)[C@@H](O)[C@H]2O)(c2ccccc2)c2ccc(OC)cc2)cc1. The summed E-state index contributed by atoms with van der Waals surface area (Å²) in [5, 5.41) is 30.6. The average molecular weight is 453 g/mol. The second kappa shape index (κ2) is 9.91. The quantitative estimate of drug-likeness (QED) is 0.452. The molecule has 0 spiro atoms. The van der Waals surface area contributed by atoms with Crippen LogP contribution in [-0.4, -0.2) is 60.7 Å². The van der Waals surface area contributed by atoms with Gasteiger partial charge < -0.3 is 34.3 Å². The van der Waals surface area contributed by atoms with Crippen molar-refractivity contribution in [3.8, 4) is 11.5 Å². The van der Waals surface area contributed by atoms with Crippen molar-refractivity contribution in [2.45, 2.75) is 30.2 Å². The molecule has 7 heteroatoms. The molecule has 3 aromatic carbocycles. The smallest absolute Gasteiger partial charge is 0.188 e. The molecule has 4 atom stereocenters. The van der Waals surface area contributed by atoms with Gasteiger partial charge in [0.05, 0.1) is 20.8 Å². The third-order valence-electron chi connectivity index (χ3n) is 5.96. The first-order chi connectivity index (χ1) is 16.0. The molecule has 3 aromatic rings. The van der Waals surface area contributed by atoms with Gasteiger partial charge in [-0.15, -0.1) is 0 Å². The lowest BCUT2D eigenvalue weighted by Crippen LogP contribution is -2.42. The molecule has 4 rings (SSSR count). The zero-order valence-corrected chi connectivity index (χ0v) is 18.5. The van der Waals surface area contributed by atoms with E-state index < -0.39 is 36.8 Å². The number of hydrogen-bond acceptors (Lipinski definition) is 7. The predicted molar refractivity (Wildman–Crippen MR) is 121 cm³/mol. The largest absolute Gasteiger partial charge is 0.497 e. The Hall–Kier alpha value is -2.94. The third kappa shape index (κ3) is 4.34. The molecule has 33 heavy (non-hydrogen) atoms. The van der Waals surface area contributed by atoms with E-state index in [2.05, 4.69) is 0 Å². The fourth-order valence-corrected chi connectivity index (χ4v) is 4.17. The van der Waals surface area contributed by atoms with Crippen molar-refractivity contribution >= 4 is 0 Å². The maximum absolute atomic E-state index is 10.7. The molecule has 0 aliphatic carbocycles. The fraction of sp³-hybridized carbons (Fsp3) is 0.308. The van der Waals surface area contributed by atoms with Gasteiger partial charge in [-0.05, 0) is 41.0 Å². The number of methoxy groups -OCH3 is 2. The number of rotatable bonds is 8. The topological polar surface area (TPSA) is 97.6 Å². The van der Waals surface area contributed by atoms with Gasteiger partial charge in [-0.1, -0.05) is 54.6 Å². The van der Waals surface area contributed by atoms with E-state index in [0.29, 0.717) is 11.5 Å². The van der Waals surface area contributed by atoms with Crippen LogP contribution in [0, 0.1) is 0 Å². The Balaban J connectivity index is 1.91. The summed E-state index contributed by atoms with van der Waals surface area (Å²) in [6.45, 7) is -0.443. The maximum Gasteiger partial charge on any atom is 0.188 e. The van der Waals surface area contributed by atoms with Crippen LogP contribution < -0.4 is 9.47 Å². The van der Waals surface area contributed by atoms with Crippen LogP contribution in [0.1, 0.15) is 16.7 Å². The molecule has 0 radical (unpaired) electrons. The van der Waals surface area contributed by atoms with Crippen LogP contribution in [0.5, 0.6) is 11.5 Å². The predicted octanol–water partition coefficient (Wildman–Crippen LogP) is 2.45. The molecule has 3 N–H and O–H groups in total. The van der Waals surface area contributed by atoms with Crippen molar-refractivity contribution in [2.24, 2.45) is 0 Å². The molecule has 1 saturated heterocycles. The van der Waals surface area contributed by atoms with Gasteiger partial charge in [0, 0.05) is 0 Å². The molecule has 0 amide bonds. The zero-order valence-electron chi connectivity index (χ0n) is 18.5. The van der Waals surface area contributed by atoms with Gasteiger partial charge in [-0.3, -0.25) is 0 Å². The summed E-state index contributed by atoms with van der Waals surface area (Å²) in [6, 6.07) is 24.4. The molecule has 1 heterocycles. The van der Waals surface area contributed by atoms with Crippen LogP contribution in [0.3, 0.4) is 0 Å². The molecule has 1 fully saturated rings.